The number of nitrogens with zero attached hydrogens (tertiary/aromatic N) is 3. The van der Waals surface area contributed by atoms with Gasteiger partial charge in [0.2, 0.25) is 11.8 Å². The summed E-state index contributed by atoms with van der Waals surface area (Å²) >= 11 is 0. The van der Waals surface area contributed by atoms with Crippen molar-refractivity contribution < 1.29 is 14.2 Å². The predicted molar refractivity (Wildman–Crippen MR) is 114 cm³/mol. The van der Waals surface area contributed by atoms with Crippen LogP contribution >= 0.6 is 0 Å². The van der Waals surface area contributed by atoms with Gasteiger partial charge < -0.3 is 19.9 Å². The van der Waals surface area contributed by atoms with Crippen LogP contribution in [0.25, 0.3) is 11.1 Å². The van der Waals surface area contributed by atoms with Crippen LogP contribution in [0.3, 0.4) is 0 Å². The van der Waals surface area contributed by atoms with Gasteiger partial charge in [0.25, 0.3) is 0 Å². The minimum Gasteiger partial charge on any atom is -0.475 e. The Labute approximate surface area is 176 Å². The highest BCUT2D eigenvalue weighted by atomic mass is 16.5. The zero-order chi connectivity index (χ0) is 21.3. The first kappa shape index (κ1) is 21.2. The number of methoxy groups -OCH3 is 1. The molecule has 0 atom stereocenters. The lowest BCUT2D eigenvalue weighted by atomic mass is 10.0. The molecule has 7 nitrogen and oxygen atoms in total. The van der Waals surface area contributed by atoms with Crippen LogP contribution in [-0.2, 0) is 11.2 Å². The van der Waals surface area contributed by atoms with Gasteiger partial charge in [-0.1, -0.05) is 24.3 Å². The van der Waals surface area contributed by atoms with Crippen molar-refractivity contribution in [3.8, 4) is 34.7 Å². The molecule has 0 fully saturated rings. The Morgan fingerprint density at radius 2 is 1.77 bits per heavy atom. The van der Waals surface area contributed by atoms with Gasteiger partial charge >= 0.3 is 0 Å². The number of rotatable bonds is 9. The first-order chi connectivity index (χ1) is 14.6. The highest BCUT2D eigenvalue weighted by Gasteiger charge is 2.12. The highest BCUT2D eigenvalue weighted by molar-refractivity contribution is 5.72. The third-order valence-corrected chi connectivity index (χ3v) is 4.35. The van der Waals surface area contributed by atoms with E-state index in [4.69, 9.17) is 19.9 Å². The van der Waals surface area contributed by atoms with Gasteiger partial charge in [0, 0.05) is 12.7 Å². The summed E-state index contributed by atoms with van der Waals surface area (Å²) in [6, 6.07) is 17.2. The summed E-state index contributed by atoms with van der Waals surface area (Å²) in [7, 11) is 1.61. The van der Waals surface area contributed by atoms with Crippen molar-refractivity contribution in [1.82, 2.24) is 9.97 Å². The first-order valence-electron chi connectivity index (χ1n) is 9.61. The Balaban J connectivity index is 1.92. The number of benzene rings is 2. The molecule has 0 aliphatic rings. The van der Waals surface area contributed by atoms with Crippen molar-refractivity contribution in [3.05, 3.63) is 65.5 Å². The predicted octanol–water partition coefficient (Wildman–Crippen LogP) is 3.64. The zero-order valence-electron chi connectivity index (χ0n) is 17.1. The smallest absolute Gasteiger partial charge is 0.226 e. The van der Waals surface area contributed by atoms with E-state index in [1.807, 2.05) is 30.3 Å². The van der Waals surface area contributed by atoms with Gasteiger partial charge in [0.15, 0.2) is 0 Å². The fourth-order valence-corrected chi connectivity index (χ4v) is 2.92. The lowest BCUT2D eigenvalue weighted by molar-refractivity contribution is 0.143. The third-order valence-electron chi connectivity index (χ3n) is 4.35. The van der Waals surface area contributed by atoms with Gasteiger partial charge in [-0.3, -0.25) is 0 Å². The Kier molecular flexibility index (Phi) is 7.33. The lowest BCUT2D eigenvalue weighted by Gasteiger charge is -2.13. The van der Waals surface area contributed by atoms with Crippen molar-refractivity contribution in [2.45, 2.75) is 13.3 Å². The second-order valence-electron chi connectivity index (χ2n) is 6.59. The molecule has 0 amide bonds. The second-order valence-corrected chi connectivity index (χ2v) is 6.59. The van der Waals surface area contributed by atoms with E-state index in [9.17, 15) is 5.26 Å². The average Bonchev–Trinajstić information content (AvgIpc) is 2.74. The van der Waals surface area contributed by atoms with Crippen molar-refractivity contribution in [1.29, 1.82) is 5.26 Å². The molecule has 2 N–H and O–H groups in total. The quantitative estimate of drug-likeness (QED) is 0.543. The van der Waals surface area contributed by atoms with Crippen molar-refractivity contribution in [2.24, 2.45) is 5.73 Å². The van der Waals surface area contributed by atoms with Gasteiger partial charge in [-0.2, -0.15) is 15.2 Å². The molecule has 2 aromatic carbocycles. The van der Waals surface area contributed by atoms with Gasteiger partial charge in [-0.15, -0.1) is 0 Å². The Hall–Kier alpha value is -3.47. The van der Waals surface area contributed by atoms with Gasteiger partial charge in [-0.25, -0.2) is 0 Å². The van der Waals surface area contributed by atoms with E-state index in [-0.39, 0.29) is 0 Å². The summed E-state index contributed by atoms with van der Waals surface area (Å²) in [6.45, 7) is 3.19. The molecule has 1 heterocycles. The van der Waals surface area contributed by atoms with Crippen LogP contribution in [-0.4, -0.2) is 36.8 Å². The van der Waals surface area contributed by atoms with Gasteiger partial charge in [0.05, 0.1) is 24.3 Å². The molecular formula is C23H24N4O3. The van der Waals surface area contributed by atoms with Crippen molar-refractivity contribution in [3.63, 3.8) is 0 Å². The standard InChI is InChI=1S/C23H24N4O3/c1-16-26-22(29-12-11-28-2)14-23(27-16)30-21-13-18(15-25)5-8-20(21)19-6-3-17(4-7-19)9-10-24/h3-8,13-14H,9-12,24H2,1-2H3. The summed E-state index contributed by atoms with van der Waals surface area (Å²) < 4.78 is 16.7. The molecular weight excluding hydrogens is 380 g/mol. The minimum absolute atomic E-state index is 0.339. The van der Waals surface area contributed by atoms with Crippen LogP contribution in [0.5, 0.6) is 17.5 Å². The Bertz CT molecular complexity index is 1030. The molecule has 0 radical (unpaired) electrons. The SMILES string of the molecule is COCCOc1cc(Oc2cc(C#N)ccc2-c2ccc(CCN)cc2)nc(C)n1. The molecule has 30 heavy (non-hydrogen) atoms. The fourth-order valence-electron chi connectivity index (χ4n) is 2.92. The number of hydrogen-bond donors (Lipinski definition) is 1. The molecule has 0 spiro atoms. The lowest BCUT2D eigenvalue weighted by Crippen LogP contribution is -2.06. The molecule has 0 saturated heterocycles. The van der Waals surface area contributed by atoms with Crippen LogP contribution in [0.15, 0.2) is 48.5 Å². The number of hydrogen-bond acceptors (Lipinski definition) is 7. The van der Waals surface area contributed by atoms with Gasteiger partial charge in [0.1, 0.15) is 18.2 Å². The number of aromatic nitrogens is 2. The molecule has 0 aliphatic carbocycles. The van der Waals surface area contributed by atoms with Crippen molar-refractivity contribution >= 4 is 0 Å². The molecule has 154 valence electrons. The van der Waals surface area contributed by atoms with E-state index in [2.05, 4.69) is 16.0 Å². The topological polar surface area (TPSA) is 103 Å². The molecule has 3 rings (SSSR count). The number of aryl methyl sites for hydroxylation is 1. The summed E-state index contributed by atoms with van der Waals surface area (Å²) in [6.07, 6.45) is 0.822. The summed E-state index contributed by atoms with van der Waals surface area (Å²) in [4.78, 5) is 8.60. The fraction of sp³-hybridized carbons (Fsp3) is 0.261. The normalized spacial score (nSPS) is 10.5. The number of nitrogens with two attached hydrogens (primary N) is 1. The maximum absolute atomic E-state index is 9.32. The number of nitriles is 1. The van der Waals surface area contributed by atoms with Crippen LogP contribution in [0.2, 0.25) is 0 Å². The van der Waals surface area contributed by atoms with E-state index in [0.717, 1.165) is 17.5 Å². The summed E-state index contributed by atoms with van der Waals surface area (Å²) in [5, 5.41) is 9.32. The molecule has 0 saturated carbocycles. The molecule has 1 aromatic heterocycles. The molecule has 0 bridgehead atoms. The van der Waals surface area contributed by atoms with Crippen LogP contribution in [0.4, 0.5) is 0 Å². The zero-order valence-corrected chi connectivity index (χ0v) is 17.1. The summed E-state index contributed by atoms with van der Waals surface area (Å²) in [5.74, 6) is 1.79. The van der Waals surface area contributed by atoms with E-state index in [1.165, 1.54) is 5.56 Å². The molecule has 0 aliphatic heterocycles. The molecule has 0 unspecified atom stereocenters. The first-order valence-corrected chi connectivity index (χ1v) is 9.61. The Morgan fingerprint density at radius 1 is 1.00 bits per heavy atom. The van der Waals surface area contributed by atoms with Gasteiger partial charge in [-0.05, 0) is 49.2 Å². The monoisotopic (exact) mass is 404 g/mol. The largest absolute Gasteiger partial charge is 0.475 e. The van der Waals surface area contributed by atoms with Crippen LogP contribution in [0, 0.1) is 18.3 Å². The van der Waals surface area contributed by atoms with E-state index in [0.29, 0.717) is 48.7 Å². The Morgan fingerprint density at radius 3 is 2.47 bits per heavy atom. The molecule has 3 aromatic rings. The summed E-state index contributed by atoms with van der Waals surface area (Å²) in [5.41, 5.74) is 9.12. The van der Waals surface area contributed by atoms with Crippen LogP contribution in [0.1, 0.15) is 17.0 Å². The minimum atomic E-state index is 0.339. The third kappa shape index (κ3) is 5.54. The average molecular weight is 404 g/mol. The van der Waals surface area contributed by atoms with Crippen LogP contribution < -0.4 is 15.2 Å². The maximum Gasteiger partial charge on any atom is 0.226 e. The van der Waals surface area contributed by atoms with E-state index < -0.39 is 0 Å². The van der Waals surface area contributed by atoms with E-state index >= 15 is 0 Å². The van der Waals surface area contributed by atoms with Crippen molar-refractivity contribution in [2.75, 3.05) is 26.9 Å². The number of ether oxygens (including phenoxy) is 3. The molecule has 7 heteroatoms. The van der Waals surface area contributed by atoms with E-state index in [1.54, 1.807) is 32.2 Å². The maximum atomic E-state index is 9.32. The highest BCUT2D eigenvalue weighted by Crippen LogP contribution is 2.34. The second kappa shape index (κ2) is 10.3.